The predicted molar refractivity (Wildman–Crippen MR) is 112 cm³/mol. The molecule has 3 unspecified atom stereocenters. The molecule has 156 valence electrons. The van der Waals surface area contributed by atoms with E-state index in [2.05, 4.69) is 10.7 Å². The minimum Gasteiger partial charge on any atom is -0.497 e. The van der Waals surface area contributed by atoms with E-state index in [1.165, 1.54) is 0 Å². The second kappa shape index (κ2) is 8.69. The van der Waals surface area contributed by atoms with Gasteiger partial charge in [0.05, 0.1) is 31.4 Å². The Morgan fingerprint density at radius 3 is 2.50 bits per heavy atom. The summed E-state index contributed by atoms with van der Waals surface area (Å²) in [7, 11) is 1.63. The lowest BCUT2D eigenvalue weighted by molar-refractivity contribution is -0.139. The third-order valence-electron chi connectivity index (χ3n) is 5.48. The van der Waals surface area contributed by atoms with Gasteiger partial charge >= 0.3 is 5.97 Å². The summed E-state index contributed by atoms with van der Waals surface area (Å²) in [6.45, 7) is 2.06. The lowest BCUT2D eigenvalue weighted by atomic mass is 9.90. The molecule has 2 aliphatic heterocycles. The highest BCUT2D eigenvalue weighted by molar-refractivity contribution is 6.00. The second-order valence-electron chi connectivity index (χ2n) is 7.23. The number of hydrazine groups is 1. The molecular weight excluding hydrogens is 382 g/mol. The van der Waals surface area contributed by atoms with Gasteiger partial charge in [0.2, 0.25) is 0 Å². The van der Waals surface area contributed by atoms with Crippen molar-refractivity contribution in [2.75, 3.05) is 13.7 Å². The fourth-order valence-corrected chi connectivity index (χ4v) is 3.98. The zero-order valence-corrected chi connectivity index (χ0v) is 17.0. The highest BCUT2D eigenvalue weighted by Crippen LogP contribution is 2.35. The van der Waals surface area contributed by atoms with Gasteiger partial charge in [-0.25, -0.2) is 4.79 Å². The van der Waals surface area contributed by atoms with Gasteiger partial charge in [-0.1, -0.05) is 42.5 Å². The molecule has 1 saturated heterocycles. The Balaban J connectivity index is 1.65. The van der Waals surface area contributed by atoms with Crippen molar-refractivity contribution >= 4 is 11.8 Å². The first kappa shape index (κ1) is 20.1. The number of rotatable bonds is 6. The molecule has 7 heteroatoms. The molecule has 7 nitrogen and oxygen atoms in total. The van der Waals surface area contributed by atoms with Crippen molar-refractivity contribution in [2.45, 2.75) is 31.6 Å². The molecule has 2 aromatic rings. The summed E-state index contributed by atoms with van der Waals surface area (Å²) in [5.41, 5.74) is 5.32. The third kappa shape index (κ3) is 3.81. The summed E-state index contributed by atoms with van der Waals surface area (Å²) < 4.78 is 10.5. The number of nitrogens with one attached hydrogen (secondary N) is 2. The predicted octanol–water partition coefficient (Wildman–Crippen LogP) is 2.57. The molecule has 1 fully saturated rings. The van der Waals surface area contributed by atoms with Crippen molar-refractivity contribution in [2.24, 2.45) is 0 Å². The van der Waals surface area contributed by atoms with Crippen LogP contribution in [0.4, 0.5) is 0 Å². The van der Waals surface area contributed by atoms with E-state index < -0.39 is 18.2 Å². The molecule has 30 heavy (non-hydrogen) atoms. The van der Waals surface area contributed by atoms with Crippen LogP contribution in [0.3, 0.4) is 0 Å². The fraction of sp³-hybridized carbons (Fsp3) is 0.304. The average molecular weight is 407 g/mol. The van der Waals surface area contributed by atoms with Crippen LogP contribution in [-0.4, -0.2) is 42.7 Å². The van der Waals surface area contributed by atoms with Crippen LogP contribution in [0.1, 0.15) is 35.3 Å². The summed E-state index contributed by atoms with van der Waals surface area (Å²) >= 11 is 0. The van der Waals surface area contributed by atoms with Crippen LogP contribution >= 0.6 is 0 Å². The van der Waals surface area contributed by atoms with Crippen LogP contribution in [0, 0.1) is 0 Å². The molecule has 2 heterocycles. The molecule has 0 bridgehead atoms. The topological polar surface area (TPSA) is 79.9 Å². The summed E-state index contributed by atoms with van der Waals surface area (Å²) in [5.74, 6) is 0.371. The van der Waals surface area contributed by atoms with Crippen LogP contribution < -0.4 is 15.5 Å². The Morgan fingerprint density at radius 2 is 1.83 bits per heavy atom. The largest absolute Gasteiger partial charge is 0.497 e. The molecule has 0 aromatic heterocycles. The van der Waals surface area contributed by atoms with Crippen molar-refractivity contribution < 1.29 is 19.1 Å². The van der Waals surface area contributed by atoms with Gasteiger partial charge < -0.3 is 14.9 Å². The van der Waals surface area contributed by atoms with Crippen LogP contribution in [0.5, 0.6) is 5.75 Å². The van der Waals surface area contributed by atoms with Crippen LogP contribution in [0.15, 0.2) is 66.4 Å². The molecule has 0 amide bonds. The van der Waals surface area contributed by atoms with Crippen molar-refractivity contribution in [3.8, 4) is 5.75 Å². The Labute approximate surface area is 175 Å². The van der Waals surface area contributed by atoms with Crippen LogP contribution in [-0.2, 0) is 9.53 Å². The quantitative estimate of drug-likeness (QED) is 0.563. The van der Waals surface area contributed by atoms with Gasteiger partial charge in [0.1, 0.15) is 11.9 Å². The van der Waals surface area contributed by atoms with Gasteiger partial charge in [-0.2, -0.15) is 5.01 Å². The number of benzene rings is 2. The van der Waals surface area contributed by atoms with Crippen LogP contribution in [0.2, 0.25) is 0 Å². The maximum Gasteiger partial charge on any atom is 0.338 e. The lowest BCUT2D eigenvalue weighted by Gasteiger charge is -2.42. The first-order chi connectivity index (χ1) is 14.6. The number of carbonyl (C=O) groups excluding carboxylic acids is 2. The van der Waals surface area contributed by atoms with E-state index in [1.54, 1.807) is 20.2 Å². The third-order valence-corrected chi connectivity index (χ3v) is 5.48. The Hall–Kier alpha value is -3.16. The average Bonchev–Trinajstić information content (AvgIpc) is 3.23. The van der Waals surface area contributed by atoms with Gasteiger partial charge in [-0.05, 0) is 31.0 Å². The molecule has 0 aliphatic carbocycles. The zero-order valence-electron chi connectivity index (χ0n) is 17.0. The first-order valence-corrected chi connectivity index (χ1v) is 10.0. The number of fused-ring (bicyclic) bond motifs is 1. The minimum absolute atomic E-state index is 0.00358. The number of ether oxygens (including phenoxy) is 2. The zero-order chi connectivity index (χ0) is 21.1. The molecule has 2 aromatic carbocycles. The maximum atomic E-state index is 13.2. The van der Waals surface area contributed by atoms with Gasteiger partial charge in [-0.15, -0.1) is 0 Å². The summed E-state index contributed by atoms with van der Waals surface area (Å²) in [6.07, 6.45) is 1.73. The van der Waals surface area contributed by atoms with E-state index in [0.717, 1.165) is 11.3 Å². The summed E-state index contributed by atoms with van der Waals surface area (Å²) in [5, 5.41) is 5.31. The van der Waals surface area contributed by atoms with E-state index in [9.17, 15) is 9.59 Å². The SMILES string of the molecule is CCOC(=O)C1=CNN2C1NC(C(=O)c1ccccc1)CC2c1ccc(OC)cc1. The normalized spacial score (nSPS) is 23.1. The van der Waals surface area contributed by atoms with Crippen molar-refractivity contribution in [3.05, 3.63) is 77.5 Å². The Kier molecular flexibility index (Phi) is 5.83. The van der Waals surface area contributed by atoms with Gasteiger partial charge in [-0.3, -0.25) is 10.1 Å². The van der Waals surface area contributed by atoms with E-state index in [4.69, 9.17) is 9.47 Å². The van der Waals surface area contributed by atoms with E-state index in [0.29, 0.717) is 17.6 Å². The number of methoxy groups -OCH3 is 1. The molecule has 0 spiro atoms. The number of hydrogen-bond donors (Lipinski definition) is 2. The summed E-state index contributed by atoms with van der Waals surface area (Å²) in [6, 6.07) is 16.4. The smallest absolute Gasteiger partial charge is 0.338 e. The molecule has 2 N–H and O–H groups in total. The second-order valence-corrected chi connectivity index (χ2v) is 7.23. The molecule has 3 atom stereocenters. The summed E-state index contributed by atoms with van der Waals surface area (Å²) in [4.78, 5) is 25.7. The fourth-order valence-electron chi connectivity index (χ4n) is 3.98. The van der Waals surface area contributed by atoms with E-state index in [-0.39, 0.29) is 18.4 Å². The van der Waals surface area contributed by atoms with Crippen molar-refractivity contribution in [1.29, 1.82) is 0 Å². The molecule has 4 rings (SSSR count). The minimum atomic E-state index is -0.470. The van der Waals surface area contributed by atoms with Crippen molar-refractivity contribution in [3.63, 3.8) is 0 Å². The van der Waals surface area contributed by atoms with Gasteiger partial charge in [0.15, 0.2) is 5.78 Å². The lowest BCUT2D eigenvalue weighted by Crippen LogP contribution is -2.60. The standard InChI is InChI=1S/C23H25N3O4/c1-3-30-23(28)18-14-24-26-20(15-9-11-17(29-2)12-10-15)13-19(25-22(18)26)21(27)16-7-5-4-6-8-16/h4-12,14,19-20,22,24-25H,3,13H2,1-2H3. The van der Waals surface area contributed by atoms with E-state index >= 15 is 0 Å². The number of ketones is 1. The van der Waals surface area contributed by atoms with Crippen LogP contribution in [0.25, 0.3) is 0 Å². The Bertz CT molecular complexity index is 943. The number of Topliss-reactive ketones (excluding diaryl/α,β-unsaturated/α-hetero) is 1. The number of carbonyl (C=O) groups is 2. The highest BCUT2D eigenvalue weighted by atomic mass is 16.5. The number of esters is 1. The molecule has 0 saturated carbocycles. The number of nitrogens with zero attached hydrogens (tertiary/aromatic N) is 1. The molecule has 2 aliphatic rings. The first-order valence-electron chi connectivity index (χ1n) is 10.0. The Morgan fingerprint density at radius 1 is 1.10 bits per heavy atom. The van der Waals surface area contributed by atoms with Gasteiger partial charge in [0.25, 0.3) is 0 Å². The van der Waals surface area contributed by atoms with Gasteiger partial charge in [0, 0.05) is 11.8 Å². The number of hydrogen-bond acceptors (Lipinski definition) is 7. The highest BCUT2D eigenvalue weighted by Gasteiger charge is 2.45. The monoisotopic (exact) mass is 407 g/mol. The van der Waals surface area contributed by atoms with Crippen molar-refractivity contribution in [1.82, 2.24) is 15.8 Å². The van der Waals surface area contributed by atoms with E-state index in [1.807, 2.05) is 59.6 Å². The molecule has 0 radical (unpaired) electrons. The molecular formula is C23H25N3O4. The maximum absolute atomic E-state index is 13.2.